The average molecular weight is 282 g/mol. The molecule has 0 radical (unpaired) electrons. The van der Waals surface area contributed by atoms with Crippen molar-refractivity contribution in [3.05, 3.63) is 0 Å². The molecule has 20 heavy (non-hydrogen) atoms. The number of hydrogen-bond donors (Lipinski definition) is 1. The van der Waals surface area contributed by atoms with E-state index in [1.807, 2.05) is 13.8 Å². The van der Waals surface area contributed by atoms with Crippen molar-refractivity contribution in [2.45, 2.75) is 85.4 Å². The molecule has 2 atom stereocenters. The number of rotatable bonds is 6. The Kier molecular flexibility index (Phi) is 7.01. The molecule has 118 valence electrons. The van der Waals surface area contributed by atoms with E-state index in [9.17, 15) is 4.79 Å². The number of carbonyl (C=O) groups excluding carboxylic acids is 1. The molecule has 1 aliphatic heterocycles. The molecule has 0 aromatic carbocycles. The Balaban J connectivity index is 2.65. The second-order valence-electron chi connectivity index (χ2n) is 7.23. The molecule has 0 aromatic rings. The first kappa shape index (κ1) is 17.5. The molecule has 2 unspecified atom stereocenters. The van der Waals surface area contributed by atoms with Crippen LogP contribution >= 0.6 is 0 Å². The molecule has 1 fully saturated rings. The van der Waals surface area contributed by atoms with Crippen LogP contribution in [0.2, 0.25) is 0 Å². The highest BCUT2D eigenvalue weighted by Crippen LogP contribution is 2.25. The van der Waals surface area contributed by atoms with Crippen molar-refractivity contribution in [3.8, 4) is 0 Å². The zero-order valence-electron chi connectivity index (χ0n) is 14.3. The summed E-state index contributed by atoms with van der Waals surface area (Å²) in [7, 11) is 0. The Morgan fingerprint density at radius 3 is 2.30 bits per heavy atom. The predicted molar refractivity (Wildman–Crippen MR) is 85.7 cm³/mol. The molecule has 0 aromatic heterocycles. The van der Waals surface area contributed by atoms with E-state index in [0.29, 0.717) is 24.0 Å². The molecule has 3 heteroatoms. The third-order valence-electron chi connectivity index (χ3n) is 4.52. The van der Waals surface area contributed by atoms with Crippen molar-refractivity contribution >= 4 is 5.91 Å². The van der Waals surface area contributed by atoms with E-state index in [4.69, 9.17) is 0 Å². The highest BCUT2D eigenvalue weighted by atomic mass is 16.1. The molecule has 0 bridgehead atoms. The van der Waals surface area contributed by atoms with Crippen molar-refractivity contribution in [1.29, 1.82) is 0 Å². The van der Waals surface area contributed by atoms with Gasteiger partial charge in [-0.3, -0.25) is 9.69 Å². The van der Waals surface area contributed by atoms with Gasteiger partial charge in [-0.05, 0) is 45.6 Å². The number of amides is 1. The summed E-state index contributed by atoms with van der Waals surface area (Å²) in [6.45, 7) is 14.2. The van der Waals surface area contributed by atoms with E-state index < -0.39 is 0 Å². The first-order valence-corrected chi connectivity index (χ1v) is 8.39. The molecule has 1 rings (SSSR count). The van der Waals surface area contributed by atoms with Crippen molar-refractivity contribution in [2.75, 3.05) is 6.54 Å². The van der Waals surface area contributed by atoms with Crippen LogP contribution < -0.4 is 5.32 Å². The lowest BCUT2D eigenvalue weighted by Gasteiger charge is -2.41. The SMILES string of the molecule is CC(C)C(=O)NC(CC1CCCCN1C(C)C)C(C)C. The maximum Gasteiger partial charge on any atom is 0.222 e. The van der Waals surface area contributed by atoms with Crippen molar-refractivity contribution in [1.82, 2.24) is 10.2 Å². The number of piperidine rings is 1. The standard InChI is InChI=1S/C17H34N2O/c1-12(2)16(18-17(20)13(3)4)11-15-9-7-8-10-19(15)14(5)6/h12-16H,7-11H2,1-6H3,(H,18,20). The molecule has 1 heterocycles. The lowest BCUT2D eigenvalue weighted by Crippen LogP contribution is -2.49. The van der Waals surface area contributed by atoms with Gasteiger partial charge in [-0.2, -0.15) is 0 Å². The largest absolute Gasteiger partial charge is 0.353 e. The van der Waals surface area contributed by atoms with Crippen LogP contribution in [-0.4, -0.2) is 35.5 Å². The number of nitrogens with zero attached hydrogens (tertiary/aromatic N) is 1. The van der Waals surface area contributed by atoms with Gasteiger partial charge in [-0.1, -0.05) is 34.1 Å². The van der Waals surface area contributed by atoms with E-state index in [1.54, 1.807) is 0 Å². The summed E-state index contributed by atoms with van der Waals surface area (Å²) in [5, 5.41) is 3.26. The van der Waals surface area contributed by atoms with Gasteiger partial charge in [0.05, 0.1) is 0 Å². The Labute approximate surface area is 125 Å². The van der Waals surface area contributed by atoms with E-state index >= 15 is 0 Å². The summed E-state index contributed by atoms with van der Waals surface area (Å²) >= 11 is 0. The fraction of sp³-hybridized carbons (Fsp3) is 0.941. The maximum atomic E-state index is 12.0. The molecule has 0 aliphatic carbocycles. The van der Waals surface area contributed by atoms with Gasteiger partial charge >= 0.3 is 0 Å². The molecule has 1 aliphatic rings. The van der Waals surface area contributed by atoms with Crippen LogP contribution in [0.1, 0.15) is 67.2 Å². The predicted octanol–water partition coefficient (Wildman–Crippen LogP) is 3.44. The minimum atomic E-state index is 0.0730. The first-order valence-electron chi connectivity index (χ1n) is 8.39. The second kappa shape index (κ2) is 8.02. The normalized spacial score (nSPS) is 22.6. The van der Waals surface area contributed by atoms with Crippen LogP contribution in [0.25, 0.3) is 0 Å². The molecule has 1 N–H and O–H groups in total. The number of likely N-dealkylation sites (tertiary alicyclic amines) is 1. The Bertz CT molecular complexity index is 299. The van der Waals surface area contributed by atoms with Gasteiger partial charge in [0.25, 0.3) is 0 Å². The Morgan fingerprint density at radius 2 is 1.80 bits per heavy atom. The average Bonchev–Trinajstić information content (AvgIpc) is 2.37. The van der Waals surface area contributed by atoms with Gasteiger partial charge in [0.1, 0.15) is 0 Å². The highest BCUT2D eigenvalue weighted by molar-refractivity contribution is 5.78. The third kappa shape index (κ3) is 5.08. The van der Waals surface area contributed by atoms with Crippen LogP contribution in [-0.2, 0) is 4.79 Å². The van der Waals surface area contributed by atoms with Gasteiger partial charge in [-0.25, -0.2) is 0 Å². The topological polar surface area (TPSA) is 32.3 Å². The summed E-state index contributed by atoms with van der Waals surface area (Å²) in [5.74, 6) is 0.757. The smallest absolute Gasteiger partial charge is 0.222 e. The summed E-state index contributed by atoms with van der Waals surface area (Å²) in [6, 6.07) is 1.53. The minimum Gasteiger partial charge on any atom is -0.353 e. The molecule has 0 saturated carbocycles. The van der Waals surface area contributed by atoms with Crippen LogP contribution in [0.4, 0.5) is 0 Å². The van der Waals surface area contributed by atoms with Crippen LogP contribution in [0.15, 0.2) is 0 Å². The zero-order valence-corrected chi connectivity index (χ0v) is 14.3. The van der Waals surface area contributed by atoms with Crippen LogP contribution in [0.3, 0.4) is 0 Å². The van der Waals surface area contributed by atoms with Gasteiger partial charge < -0.3 is 5.32 Å². The van der Waals surface area contributed by atoms with E-state index in [2.05, 4.69) is 37.9 Å². The second-order valence-corrected chi connectivity index (χ2v) is 7.23. The van der Waals surface area contributed by atoms with Gasteiger partial charge in [0, 0.05) is 24.0 Å². The number of nitrogens with one attached hydrogen (secondary N) is 1. The van der Waals surface area contributed by atoms with Gasteiger partial charge in [-0.15, -0.1) is 0 Å². The zero-order chi connectivity index (χ0) is 15.3. The third-order valence-corrected chi connectivity index (χ3v) is 4.52. The molecular weight excluding hydrogens is 248 g/mol. The van der Waals surface area contributed by atoms with Gasteiger partial charge in [0.2, 0.25) is 5.91 Å². The molecular formula is C17H34N2O. The summed E-state index contributed by atoms with van der Waals surface area (Å²) in [6.07, 6.45) is 5.02. The lowest BCUT2D eigenvalue weighted by molar-refractivity contribution is -0.125. The summed E-state index contributed by atoms with van der Waals surface area (Å²) < 4.78 is 0. The molecule has 1 amide bonds. The summed E-state index contributed by atoms with van der Waals surface area (Å²) in [4.78, 5) is 14.6. The monoisotopic (exact) mass is 282 g/mol. The molecule has 1 saturated heterocycles. The molecule has 3 nitrogen and oxygen atoms in total. The Morgan fingerprint density at radius 1 is 1.15 bits per heavy atom. The van der Waals surface area contributed by atoms with E-state index in [-0.39, 0.29) is 11.8 Å². The number of carbonyl (C=O) groups is 1. The highest BCUT2D eigenvalue weighted by Gasteiger charge is 2.29. The maximum absolute atomic E-state index is 12.0. The fourth-order valence-corrected chi connectivity index (χ4v) is 3.10. The minimum absolute atomic E-state index is 0.0730. The lowest BCUT2D eigenvalue weighted by atomic mass is 9.90. The van der Waals surface area contributed by atoms with Crippen molar-refractivity contribution in [2.24, 2.45) is 11.8 Å². The van der Waals surface area contributed by atoms with Crippen LogP contribution in [0, 0.1) is 11.8 Å². The van der Waals surface area contributed by atoms with E-state index in [1.165, 1.54) is 25.8 Å². The molecule has 0 spiro atoms. The van der Waals surface area contributed by atoms with E-state index in [0.717, 1.165) is 6.42 Å². The Hall–Kier alpha value is -0.570. The quantitative estimate of drug-likeness (QED) is 0.809. The first-order chi connectivity index (χ1) is 9.32. The van der Waals surface area contributed by atoms with Crippen molar-refractivity contribution < 1.29 is 4.79 Å². The van der Waals surface area contributed by atoms with Crippen LogP contribution in [0.5, 0.6) is 0 Å². The van der Waals surface area contributed by atoms with Crippen molar-refractivity contribution in [3.63, 3.8) is 0 Å². The fourth-order valence-electron chi connectivity index (χ4n) is 3.10. The number of hydrogen-bond acceptors (Lipinski definition) is 2. The van der Waals surface area contributed by atoms with Gasteiger partial charge in [0.15, 0.2) is 0 Å². The summed E-state index contributed by atoms with van der Waals surface area (Å²) in [5.41, 5.74) is 0.